The van der Waals surface area contributed by atoms with Crippen LogP contribution in [0.25, 0.3) is 0 Å². The Morgan fingerprint density at radius 3 is 2.67 bits per heavy atom. The molecular weight excluding hydrogens is 328 g/mol. The molecule has 0 saturated carbocycles. The van der Waals surface area contributed by atoms with Gasteiger partial charge in [-0.25, -0.2) is 13.6 Å². The van der Waals surface area contributed by atoms with Crippen LogP contribution >= 0.6 is 0 Å². The number of carbonyl (C=O) groups excluding carboxylic acids is 1. The zero-order valence-corrected chi connectivity index (χ0v) is 14.7. The zero-order valence-electron chi connectivity index (χ0n) is 13.9. The Labute approximate surface area is 142 Å². The number of benzene rings is 1. The number of carbonyl (C=O) groups is 1. The molecule has 3 rings (SSSR count). The molecule has 0 aromatic heterocycles. The summed E-state index contributed by atoms with van der Waals surface area (Å²) in [5.74, 6) is 1.11. The molecule has 1 fully saturated rings. The van der Waals surface area contributed by atoms with Gasteiger partial charge in [0.25, 0.3) is 5.91 Å². The third-order valence-electron chi connectivity index (χ3n) is 4.95. The van der Waals surface area contributed by atoms with Crippen LogP contribution in [0.3, 0.4) is 0 Å². The number of allylic oxidation sites excluding steroid dienone is 2. The maximum atomic E-state index is 12.9. The van der Waals surface area contributed by atoms with E-state index in [0.29, 0.717) is 30.7 Å². The lowest BCUT2D eigenvalue weighted by molar-refractivity contribution is 0.0780. The van der Waals surface area contributed by atoms with Crippen molar-refractivity contribution in [1.29, 1.82) is 0 Å². The molecule has 0 radical (unpaired) electrons. The third kappa shape index (κ3) is 3.18. The highest BCUT2D eigenvalue weighted by atomic mass is 32.2. The van der Waals surface area contributed by atoms with Crippen LogP contribution in [-0.2, 0) is 10.0 Å². The fourth-order valence-electron chi connectivity index (χ4n) is 3.65. The molecule has 2 atom stereocenters. The Balaban J connectivity index is 1.88. The van der Waals surface area contributed by atoms with Gasteiger partial charge in [0.1, 0.15) is 5.75 Å². The molecule has 130 valence electrons. The molecule has 2 N–H and O–H groups in total. The molecule has 0 unspecified atom stereocenters. The van der Waals surface area contributed by atoms with Gasteiger partial charge in [-0.2, -0.15) is 0 Å². The van der Waals surface area contributed by atoms with Crippen LogP contribution in [0.2, 0.25) is 0 Å². The second-order valence-electron chi connectivity index (χ2n) is 6.63. The first-order chi connectivity index (χ1) is 11.3. The van der Waals surface area contributed by atoms with Crippen LogP contribution in [0.15, 0.2) is 34.7 Å². The van der Waals surface area contributed by atoms with E-state index in [1.807, 2.05) is 0 Å². The Kier molecular flexibility index (Phi) is 4.40. The average Bonchev–Trinajstić information content (AvgIpc) is 2.95. The van der Waals surface area contributed by atoms with Crippen molar-refractivity contribution in [2.75, 3.05) is 20.2 Å². The van der Waals surface area contributed by atoms with E-state index in [1.165, 1.54) is 30.9 Å². The van der Waals surface area contributed by atoms with Crippen LogP contribution in [0.5, 0.6) is 5.75 Å². The molecule has 1 aliphatic carbocycles. The van der Waals surface area contributed by atoms with Crippen molar-refractivity contribution in [2.24, 2.45) is 17.0 Å². The van der Waals surface area contributed by atoms with Crippen molar-refractivity contribution in [1.82, 2.24) is 4.90 Å². The predicted octanol–water partition coefficient (Wildman–Crippen LogP) is 1.77. The lowest BCUT2D eigenvalue weighted by Crippen LogP contribution is -2.29. The summed E-state index contributed by atoms with van der Waals surface area (Å²) >= 11 is 0. The minimum atomic E-state index is -3.87. The van der Waals surface area contributed by atoms with Gasteiger partial charge >= 0.3 is 0 Å². The molecule has 7 heteroatoms. The Hall–Kier alpha value is -1.86. The van der Waals surface area contributed by atoms with E-state index in [1.54, 1.807) is 4.90 Å². The van der Waals surface area contributed by atoms with Crippen molar-refractivity contribution in [3.8, 4) is 5.75 Å². The number of rotatable bonds is 3. The van der Waals surface area contributed by atoms with Crippen molar-refractivity contribution in [3.63, 3.8) is 0 Å². The number of ether oxygens (including phenoxy) is 1. The second kappa shape index (κ2) is 6.22. The average molecular weight is 350 g/mol. The first-order valence-corrected chi connectivity index (χ1v) is 9.50. The van der Waals surface area contributed by atoms with Crippen LogP contribution in [0.4, 0.5) is 0 Å². The molecule has 24 heavy (non-hydrogen) atoms. The van der Waals surface area contributed by atoms with Crippen LogP contribution < -0.4 is 9.88 Å². The van der Waals surface area contributed by atoms with E-state index >= 15 is 0 Å². The molecular formula is C17H22N2O4S. The molecule has 1 saturated heterocycles. The second-order valence-corrected chi connectivity index (χ2v) is 8.19. The number of fused-ring (bicyclic) bond motifs is 1. The molecule has 2 aliphatic rings. The van der Waals surface area contributed by atoms with Gasteiger partial charge in [-0.15, -0.1) is 0 Å². The van der Waals surface area contributed by atoms with Crippen molar-refractivity contribution >= 4 is 15.9 Å². The van der Waals surface area contributed by atoms with Crippen LogP contribution in [0.1, 0.15) is 30.1 Å². The van der Waals surface area contributed by atoms with Gasteiger partial charge < -0.3 is 9.64 Å². The maximum absolute atomic E-state index is 12.9. The number of hydrogen-bond acceptors (Lipinski definition) is 4. The Morgan fingerprint density at radius 1 is 1.29 bits per heavy atom. The highest BCUT2D eigenvalue weighted by Gasteiger charge is 2.37. The molecule has 1 amide bonds. The fraction of sp³-hybridized carbons (Fsp3) is 0.471. The van der Waals surface area contributed by atoms with E-state index in [0.717, 1.165) is 12.8 Å². The standard InChI is InChI=1S/C17H22N2O4S/c1-11-3-4-12-9-19(10-13(12)7-11)17(20)15-8-14(24(18,21)22)5-6-16(15)23-2/h3,5-6,8,12-13H,4,7,9-10H2,1-2H3,(H2,18,21,22)/t12-,13+/m0/s1. The summed E-state index contributed by atoms with van der Waals surface area (Å²) in [5.41, 5.74) is 1.62. The highest BCUT2D eigenvalue weighted by Crippen LogP contribution is 2.37. The third-order valence-corrected chi connectivity index (χ3v) is 5.86. The Morgan fingerprint density at radius 2 is 2.00 bits per heavy atom. The summed E-state index contributed by atoms with van der Waals surface area (Å²) < 4.78 is 28.4. The van der Waals surface area contributed by atoms with E-state index in [-0.39, 0.29) is 16.4 Å². The molecule has 0 spiro atoms. The monoisotopic (exact) mass is 350 g/mol. The van der Waals surface area contributed by atoms with Crippen LogP contribution in [-0.4, -0.2) is 39.4 Å². The zero-order chi connectivity index (χ0) is 17.5. The van der Waals surface area contributed by atoms with E-state index < -0.39 is 10.0 Å². The fourth-order valence-corrected chi connectivity index (χ4v) is 4.19. The summed E-state index contributed by atoms with van der Waals surface area (Å²) in [6.07, 6.45) is 4.26. The maximum Gasteiger partial charge on any atom is 0.257 e. The molecule has 0 bridgehead atoms. The number of nitrogens with zero attached hydrogens (tertiary/aromatic N) is 1. The van der Waals surface area contributed by atoms with E-state index in [9.17, 15) is 13.2 Å². The summed E-state index contributed by atoms with van der Waals surface area (Å²) in [5, 5.41) is 5.18. The smallest absolute Gasteiger partial charge is 0.257 e. The van der Waals surface area contributed by atoms with Gasteiger partial charge in [-0.1, -0.05) is 11.6 Å². The number of likely N-dealkylation sites (tertiary alicyclic amines) is 1. The van der Waals surface area contributed by atoms with Gasteiger partial charge in [0.15, 0.2) is 0 Å². The highest BCUT2D eigenvalue weighted by molar-refractivity contribution is 7.89. The SMILES string of the molecule is COc1ccc(S(N)(=O)=O)cc1C(=O)N1C[C@H]2CC(C)=CC[C@H]2C1. The van der Waals surface area contributed by atoms with Crippen molar-refractivity contribution in [2.45, 2.75) is 24.7 Å². The molecule has 1 aromatic rings. The normalized spacial score (nSPS) is 23.6. The first-order valence-electron chi connectivity index (χ1n) is 7.95. The van der Waals surface area contributed by atoms with Gasteiger partial charge in [-0.05, 0) is 49.8 Å². The van der Waals surface area contributed by atoms with Crippen LogP contribution in [0, 0.1) is 11.8 Å². The van der Waals surface area contributed by atoms with Crippen molar-refractivity contribution < 1.29 is 17.9 Å². The number of amides is 1. The predicted molar refractivity (Wildman–Crippen MR) is 90.2 cm³/mol. The minimum Gasteiger partial charge on any atom is -0.496 e. The van der Waals surface area contributed by atoms with Gasteiger partial charge in [0.05, 0.1) is 17.6 Å². The summed E-state index contributed by atoms with van der Waals surface area (Å²) in [6.45, 7) is 3.51. The lowest BCUT2D eigenvalue weighted by atomic mass is 9.83. The topological polar surface area (TPSA) is 89.7 Å². The molecule has 1 aromatic carbocycles. The Bertz CT molecular complexity index is 801. The number of primary sulfonamides is 1. The minimum absolute atomic E-state index is 0.0826. The molecule has 6 nitrogen and oxygen atoms in total. The number of sulfonamides is 1. The molecule has 1 aliphatic heterocycles. The van der Waals surface area contributed by atoms with Crippen molar-refractivity contribution in [3.05, 3.63) is 35.4 Å². The summed E-state index contributed by atoms with van der Waals surface area (Å²) in [7, 11) is -2.41. The lowest BCUT2D eigenvalue weighted by Gasteiger charge is -2.21. The summed E-state index contributed by atoms with van der Waals surface area (Å²) in [6, 6.07) is 4.13. The van der Waals surface area contributed by atoms with Gasteiger partial charge in [0.2, 0.25) is 10.0 Å². The number of hydrogen-bond donors (Lipinski definition) is 1. The summed E-state index contributed by atoms with van der Waals surface area (Å²) in [4.78, 5) is 14.6. The van der Waals surface area contributed by atoms with E-state index in [2.05, 4.69) is 13.0 Å². The number of methoxy groups -OCH3 is 1. The number of nitrogens with two attached hydrogens (primary N) is 1. The first kappa shape index (κ1) is 17.0. The molecule has 1 heterocycles. The van der Waals surface area contributed by atoms with E-state index in [4.69, 9.17) is 9.88 Å². The van der Waals surface area contributed by atoms with Gasteiger partial charge in [-0.3, -0.25) is 4.79 Å². The quantitative estimate of drug-likeness (QED) is 0.841. The van der Waals surface area contributed by atoms with Gasteiger partial charge in [0, 0.05) is 13.1 Å². The largest absolute Gasteiger partial charge is 0.496 e.